The van der Waals surface area contributed by atoms with Gasteiger partial charge in [-0.2, -0.15) is 4.99 Å². The maximum absolute atomic E-state index is 12.3. The molecular weight excluding hydrogens is 364 g/mol. The van der Waals surface area contributed by atoms with Crippen molar-refractivity contribution in [3.05, 3.63) is 53.3 Å². The van der Waals surface area contributed by atoms with Crippen LogP contribution in [-0.4, -0.2) is 23.3 Å². The first-order chi connectivity index (χ1) is 12.7. The van der Waals surface area contributed by atoms with Gasteiger partial charge in [-0.3, -0.25) is 4.79 Å². The first-order valence-electron chi connectivity index (χ1n) is 8.64. The number of fused-ring (bicyclic) bond motifs is 1. The van der Waals surface area contributed by atoms with E-state index in [9.17, 15) is 4.79 Å². The standard InChI is InChI=1S/C20H22N2O2S2/c1-3-22-17-7-4-5-8-18(17)26-20(22)21-19(23)9-6-14-25-16-12-10-15(24-2)11-13-16/h4-5,7-8,10-13H,3,6,9,14H2,1-2H3. The largest absolute Gasteiger partial charge is 0.497 e. The molecule has 0 aliphatic rings. The van der Waals surface area contributed by atoms with Crippen LogP contribution in [0.15, 0.2) is 58.4 Å². The third-order valence-corrected chi connectivity index (χ3v) is 6.15. The Morgan fingerprint density at radius 1 is 1.19 bits per heavy atom. The molecule has 4 nitrogen and oxygen atoms in total. The number of hydrogen-bond acceptors (Lipinski definition) is 4. The van der Waals surface area contributed by atoms with Crippen molar-refractivity contribution in [2.75, 3.05) is 12.9 Å². The minimum atomic E-state index is -0.0471. The molecule has 136 valence electrons. The lowest BCUT2D eigenvalue weighted by atomic mass is 10.3. The Labute approximate surface area is 161 Å². The third kappa shape index (κ3) is 4.56. The third-order valence-electron chi connectivity index (χ3n) is 3.99. The van der Waals surface area contributed by atoms with Crippen LogP contribution < -0.4 is 9.54 Å². The van der Waals surface area contributed by atoms with Gasteiger partial charge < -0.3 is 9.30 Å². The number of para-hydroxylation sites is 1. The minimum Gasteiger partial charge on any atom is -0.497 e. The van der Waals surface area contributed by atoms with Gasteiger partial charge in [0.2, 0.25) is 5.91 Å². The summed E-state index contributed by atoms with van der Waals surface area (Å²) in [7, 11) is 1.66. The Bertz CT molecular complexity index is 942. The topological polar surface area (TPSA) is 43.6 Å². The molecule has 1 aromatic heterocycles. The Hall–Kier alpha value is -2.05. The van der Waals surface area contributed by atoms with Crippen LogP contribution in [0, 0.1) is 0 Å². The number of carbonyl (C=O) groups excluding carboxylic acids is 1. The summed E-state index contributed by atoms with van der Waals surface area (Å²) in [5.74, 6) is 1.71. The van der Waals surface area contributed by atoms with E-state index in [0.717, 1.165) is 39.5 Å². The number of thioether (sulfide) groups is 1. The smallest absolute Gasteiger partial charge is 0.248 e. The van der Waals surface area contributed by atoms with Gasteiger partial charge in [0.1, 0.15) is 5.75 Å². The van der Waals surface area contributed by atoms with Gasteiger partial charge in [-0.25, -0.2) is 0 Å². The van der Waals surface area contributed by atoms with Gasteiger partial charge in [0, 0.05) is 17.9 Å². The SMILES string of the molecule is CCn1c(=NC(=O)CCCSc2ccc(OC)cc2)sc2ccccc21. The van der Waals surface area contributed by atoms with Gasteiger partial charge in [-0.05, 0) is 55.5 Å². The van der Waals surface area contributed by atoms with Crippen LogP contribution in [0.25, 0.3) is 10.2 Å². The zero-order valence-corrected chi connectivity index (χ0v) is 16.6. The van der Waals surface area contributed by atoms with Crippen LogP contribution >= 0.6 is 23.1 Å². The predicted molar refractivity (Wildman–Crippen MR) is 109 cm³/mol. The van der Waals surface area contributed by atoms with Gasteiger partial charge in [0.25, 0.3) is 0 Å². The molecule has 0 spiro atoms. The van der Waals surface area contributed by atoms with Crippen molar-refractivity contribution in [1.29, 1.82) is 0 Å². The lowest BCUT2D eigenvalue weighted by Crippen LogP contribution is -2.15. The van der Waals surface area contributed by atoms with Crippen molar-refractivity contribution in [3.63, 3.8) is 0 Å². The second-order valence-electron chi connectivity index (χ2n) is 5.73. The van der Waals surface area contributed by atoms with E-state index < -0.39 is 0 Å². The molecule has 0 atom stereocenters. The maximum atomic E-state index is 12.3. The average Bonchev–Trinajstić information content (AvgIpc) is 3.02. The van der Waals surface area contributed by atoms with Crippen LogP contribution in [0.1, 0.15) is 19.8 Å². The number of nitrogens with zero attached hydrogens (tertiary/aromatic N) is 2. The molecule has 26 heavy (non-hydrogen) atoms. The van der Waals surface area contributed by atoms with Crippen LogP contribution in [0.2, 0.25) is 0 Å². The number of thiazole rings is 1. The number of aryl methyl sites for hydroxylation is 1. The van der Waals surface area contributed by atoms with Crippen molar-refractivity contribution in [3.8, 4) is 5.75 Å². The Morgan fingerprint density at radius 2 is 1.96 bits per heavy atom. The average molecular weight is 387 g/mol. The lowest BCUT2D eigenvalue weighted by Gasteiger charge is -2.03. The van der Waals surface area contributed by atoms with Crippen molar-refractivity contribution >= 4 is 39.2 Å². The van der Waals surface area contributed by atoms with Gasteiger partial charge in [-0.15, -0.1) is 11.8 Å². The van der Waals surface area contributed by atoms with Crippen molar-refractivity contribution in [2.24, 2.45) is 4.99 Å². The van der Waals surface area contributed by atoms with E-state index in [1.807, 2.05) is 36.4 Å². The highest BCUT2D eigenvalue weighted by Crippen LogP contribution is 2.22. The summed E-state index contributed by atoms with van der Waals surface area (Å²) in [5.41, 5.74) is 1.14. The van der Waals surface area contributed by atoms with Crippen molar-refractivity contribution in [2.45, 2.75) is 31.2 Å². The van der Waals surface area contributed by atoms with Crippen LogP contribution in [0.4, 0.5) is 0 Å². The summed E-state index contributed by atoms with van der Waals surface area (Å²) in [4.78, 5) is 18.6. The van der Waals surface area contributed by atoms with E-state index in [0.29, 0.717) is 6.42 Å². The molecule has 0 fully saturated rings. The van der Waals surface area contributed by atoms with Gasteiger partial charge in [0.05, 0.1) is 17.3 Å². The van der Waals surface area contributed by atoms with Crippen LogP contribution in [0.3, 0.4) is 0 Å². The molecule has 3 rings (SSSR count). The maximum Gasteiger partial charge on any atom is 0.248 e. The first-order valence-corrected chi connectivity index (χ1v) is 10.4. The van der Waals surface area contributed by atoms with Gasteiger partial charge >= 0.3 is 0 Å². The van der Waals surface area contributed by atoms with Crippen molar-refractivity contribution < 1.29 is 9.53 Å². The number of aromatic nitrogens is 1. The summed E-state index contributed by atoms with van der Waals surface area (Å²) >= 11 is 3.32. The number of ether oxygens (including phenoxy) is 1. The lowest BCUT2D eigenvalue weighted by molar-refractivity contribution is -0.118. The summed E-state index contributed by atoms with van der Waals surface area (Å²) in [6.45, 7) is 2.89. The van der Waals surface area contributed by atoms with E-state index in [1.54, 1.807) is 30.2 Å². The second-order valence-corrected chi connectivity index (χ2v) is 7.91. The molecule has 6 heteroatoms. The van der Waals surface area contributed by atoms with E-state index in [1.165, 1.54) is 4.90 Å². The second kappa shape index (κ2) is 9.05. The van der Waals surface area contributed by atoms with Gasteiger partial charge in [0.15, 0.2) is 4.80 Å². The molecule has 2 aromatic carbocycles. The zero-order valence-electron chi connectivity index (χ0n) is 15.0. The molecule has 0 bridgehead atoms. The molecule has 0 saturated heterocycles. The van der Waals surface area contributed by atoms with Crippen LogP contribution in [0.5, 0.6) is 5.75 Å². The molecule has 0 aliphatic carbocycles. The number of amides is 1. The summed E-state index contributed by atoms with van der Waals surface area (Å²) in [6, 6.07) is 16.2. The Morgan fingerprint density at radius 3 is 2.69 bits per heavy atom. The van der Waals surface area contributed by atoms with E-state index >= 15 is 0 Å². The summed E-state index contributed by atoms with van der Waals surface area (Å²) in [6.07, 6.45) is 1.29. The fourth-order valence-corrected chi connectivity index (χ4v) is 4.62. The van der Waals surface area contributed by atoms with E-state index in [2.05, 4.69) is 28.6 Å². The normalized spacial score (nSPS) is 11.8. The number of rotatable bonds is 7. The fraction of sp³-hybridized carbons (Fsp3) is 0.300. The van der Waals surface area contributed by atoms with Crippen molar-refractivity contribution in [1.82, 2.24) is 4.57 Å². The number of methoxy groups -OCH3 is 1. The molecule has 3 aromatic rings. The van der Waals surface area contributed by atoms with E-state index in [-0.39, 0.29) is 5.91 Å². The van der Waals surface area contributed by atoms with Gasteiger partial charge in [-0.1, -0.05) is 23.5 Å². The van der Waals surface area contributed by atoms with E-state index in [4.69, 9.17) is 4.74 Å². The molecular formula is C20H22N2O2S2. The molecule has 0 unspecified atom stereocenters. The zero-order chi connectivity index (χ0) is 18.4. The monoisotopic (exact) mass is 386 g/mol. The Balaban J connectivity index is 1.57. The molecule has 0 N–H and O–H groups in total. The summed E-state index contributed by atoms with van der Waals surface area (Å²) in [5, 5.41) is 0. The predicted octanol–water partition coefficient (Wildman–Crippen LogP) is 4.73. The molecule has 1 heterocycles. The highest BCUT2D eigenvalue weighted by Gasteiger charge is 2.06. The number of benzene rings is 2. The molecule has 0 radical (unpaired) electrons. The molecule has 0 saturated carbocycles. The minimum absolute atomic E-state index is 0.0471. The Kier molecular flexibility index (Phi) is 6.52. The number of carbonyl (C=O) groups is 1. The highest BCUT2D eigenvalue weighted by molar-refractivity contribution is 7.99. The summed E-state index contributed by atoms with van der Waals surface area (Å²) < 4.78 is 8.42. The molecule has 0 aliphatic heterocycles. The first kappa shape index (κ1) is 18.7. The van der Waals surface area contributed by atoms with Crippen LogP contribution in [-0.2, 0) is 11.3 Å². The molecule has 1 amide bonds. The highest BCUT2D eigenvalue weighted by atomic mass is 32.2. The number of hydrogen-bond donors (Lipinski definition) is 0. The quantitative estimate of drug-likeness (QED) is 0.435. The fourth-order valence-electron chi connectivity index (χ4n) is 2.66.